The minimum Gasteiger partial charge on any atom is -0.314 e. The Labute approximate surface area is 116 Å². The lowest BCUT2D eigenvalue weighted by Crippen LogP contribution is -2.36. The number of nitrogens with one attached hydrogen (secondary N) is 1. The van der Waals surface area contributed by atoms with Crippen LogP contribution in [0.5, 0.6) is 0 Å². The van der Waals surface area contributed by atoms with Crippen LogP contribution in [-0.2, 0) is 0 Å². The van der Waals surface area contributed by atoms with E-state index in [2.05, 4.69) is 60.7 Å². The highest BCUT2D eigenvalue weighted by atomic mass is 32.2. The van der Waals surface area contributed by atoms with E-state index in [-0.39, 0.29) is 0 Å². The van der Waals surface area contributed by atoms with Crippen molar-refractivity contribution >= 4 is 11.8 Å². The third kappa shape index (κ3) is 5.01. The maximum absolute atomic E-state index is 3.57. The number of likely N-dealkylation sites (N-methyl/N-ethyl adjacent to an activating group) is 1. The van der Waals surface area contributed by atoms with Crippen molar-refractivity contribution in [2.75, 3.05) is 38.2 Å². The molecule has 0 aliphatic rings. The molecule has 0 spiro atoms. The van der Waals surface area contributed by atoms with Crippen LogP contribution in [0.2, 0.25) is 0 Å². The maximum Gasteiger partial charge on any atom is 0.0472 e. The first kappa shape index (κ1) is 15.5. The quantitative estimate of drug-likeness (QED) is 0.692. The molecule has 1 rings (SSSR count). The fourth-order valence-electron chi connectivity index (χ4n) is 2.21. The van der Waals surface area contributed by atoms with Gasteiger partial charge >= 0.3 is 0 Å². The Hall–Kier alpha value is -0.510. The molecular weight excluding hydrogens is 240 g/mol. The first-order valence-electron chi connectivity index (χ1n) is 6.82. The van der Waals surface area contributed by atoms with Gasteiger partial charge in [-0.3, -0.25) is 4.90 Å². The molecule has 1 aromatic rings. The summed E-state index contributed by atoms with van der Waals surface area (Å²) in [7, 11) is 0. The number of hydrogen-bond acceptors (Lipinski definition) is 3. The van der Waals surface area contributed by atoms with Crippen LogP contribution in [0.25, 0.3) is 0 Å². The zero-order chi connectivity index (χ0) is 13.2. The molecular formula is C15H26N2S. The zero-order valence-corrected chi connectivity index (χ0v) is 12.7. The van der Waals surface area contributed by atoms with E-state index >= 15 is 0 Å². The minimum atomic E-state index is 0.489. The summed E-state index contributed by atoms with van der Waals surface area (Å²) in [5.74, 6) is 1.18. The summed E-state index contributed by atoms with van der Waals surface area (Å²) in [6.07, 6.45) is 2.15. The molecule has 0 heterocycles. The molecule has 0 saturated heterocycles. The van der Waals surface area contributed by atoms with Crippen molar-refractivity contribution in [2.45, 2.75) is 19.9 Å². The predicted molar refractivity (Wildman–Crippen MR) is 83.4 cm³/mol. The first-order valence-corrected chi connectivity index (χ1v) is 8.21. The first-order chi connectivity index (χ1) is 8.83. The Balaban J connectivity index is 2.63. The Morgan fingerprint density at radius 3 is 2.39 bits per heavy atom. The average molecular weight is 266 g/mol. The molecule has 0 radical (unpaired) electrons. The molecule has 1 atom stereocenters. The van der Waals surface area contributed by atoms with Gasteiger partial charge in [0.15, 0.2) is 0 Å². The van der Waals surface area contributed by atoms with E-state index < -0.39 is 0 Å². The molecule has 0 aliphatic carbocycles. The van der Waals surface area contributed by atoms with Crippen LogP contribution in [0.1, 0.15) is 25.5 Å². The van der Waals surface area contributed by atoms with E-state index in [1.165, 1.54) is 11.3 Å². The number of nitrogens with zero attached hydrogens (tertiary/aromatic N) is 1. The maximum atomic E-state index is 3.57. The van der Waals surface area contributed by atoms with Gasteiger partial charge in [0.2, 0.25) is 0 Å². The van der Waals surface area contributed by atoms with Crippen molar-refractivity contribution in [1.29, 1.82) is 0 Å². The minimum absolute atomic E-state index is 0.489. The van der Waals surface area contributed by atoms with Crippen molar-refractivity contribution in [3.8, 4) is 0 Å². The van der Waals surface area contributed by atoms with E-state index in [1.807, 2.05) is 11.8 Å². The standard InChI is InChI=1S/C15H26N2S/c1-4-17(5-2)15(13-16-11-12-18-3)14-9-7-6-8-10-14/h6-10,15-16H,4-5,11-13H2,1-3H3. The summed E-state index contributed by atoms with van der Waals surface area (Å²) in [6.45, 7) is 8.79. The number of rotatable bonds is 9. The van der Waals surface area contributed by atoms with Crippen LogP contribution < -0.4 is 5.32 Å². The molecule has 0 saturated carbocycles. The van der Waals surface area contributed by atoms with Crippen molar-refractivity contribution in [1.82, 2.24) is 10.2 Å². The van der Waals surface area contributed by atoms with Crippen molar-refractivity contribution in [3.63, 3.8) is 0 Å². The van der Waals surface area contributed by atoms with Gasteiger partial charge in [0.05, 0.1) is 0 Å². The van der Waals surface area contributed by atoms with Gasteiger partial charge in [-0.05, 0) is 24.9 Å². The van der Waals surface area contributed by atoms with Gasteiger partial charge in [0.1, 0.15) is 0 Å². The Morgan fingerprint density at radius 1 is 1.17 bits per heavy atom. The predicted octanol–water partition coefficient (Wildman–Crippen LogP) is 3.02. The fourth-order valence-corrected chi connectivity index (χ4v) is 2.56. The van der Waals surface area contributed by atoms with E-state index in [0.29, 0.717) is 6.04 Å². The topological polar surface area (TPSA) is 15.3 Å². The largest absolute Gasteiger partial charge is 0.314 e. The molecule has 18 heavy (non-hydrogen) atoms. The molecule has 102 valence electrons. The smallest absolute Gasteiger partial charge is 0.0472 e. The molecule has 0 aliphatic heterocycles. The Kier molecular flexibility index (Phi) is 8.14. The molecule has 0 bridgehead atoms. The molecule has 0 fully saturated rings. The third-order valence-electron chi connectivity index (χ3n) is 3.26. The normalized spacial score (nSPS) is 12.9. The van der Waals surface area contributed by atoms with Gasteiger partial charge < -0.3 is 5.32 Å². The lowest BCUT2D eigenvalue weighted by atomic mass is 10.1. The number of hydrogen-bond donors (Lipinski definition) is 1. The molecule has 1 unspecified atom stereocenters. The SMILES string of the molecule is CCN(CC)C(CNCCSC)c1ccccc1. The summed E-state index contributed by atoms with van der Waals surface area (Å²) >= 11 is 1.89. The van der Waals surface area contributed by atoms with E-state index in [9.17, 15) is 0 Å². The van der Waals surface area contributed by atoms with E-state index in [4.69, 9.17) is 0 Å². The fraction of sp³-hybridized carbons (Fsp3) is 0.600. The Morgan fingerprint density at radius 2 is 1.83 bits per heavy atom. The van der Waals surface area contributed by atoms with Crippen LogP contribution in [0.4, 0.5) is 0 Å². The van der Waals surface area contributed by atoms with Crippen LogP contribution in [0, 0.1) is 0 Å². The van der Waals surface area contributed by atoms with Crippen LogP contribution in [0.15, 0.2) is 30.3 Å². The van der Waals surface area contributed by atoms with Crippen LogP contribution in [0.3, 0.4) is 0 Å². The van der Waals surface area contributed by atoms with Gasteiger partial charge in [-0.25, -0.2) is 0 Å². The van der Waals surface area contributed by atoms with Gasteiger partial charge in [0.25, 0.3) is 0 Å². The lowest BCUT2D eigenvalue weighted by molar-refractivity contribution is 0.214. The highest BCUT2D eigenvalue weighted by Crippen LogP contribution is 2.19. The highest BCUT2D eigenvalue weighted by Gasteiger charge is 2.16. The van der Waals surface area contributed by atoms with Crippen molar-refractivity contribution in [3.05, 3.63) is 35.9 Å². The third-order valence-corrected chi connectivity index (χ3v) is 3.87. The summed E-state index contributed by atoms with van der Waals surface area (Å²) < 4.78 is 0. The summed E-state index contributed by atoms with van der Waals surface area (Å²) in [4.78, 5) is 2.52. The van der Waals surface area contributed by atoms with Crippen LogP contribution in [-0.4, -0.2) is 43.1 Å². The van der Waals surface area contributed by atoms with Gasteiger partial charge in [-0.1, -0.05) is 44.2 Å². The molecule has 0 aromatic heterocycles. The molecule has 1 N–H and O–H groups in total. The van der Waals surface area contributed by atoms with Crippen molar-refractivity contribution < 1.29 is 0 Å². The van der Waals surface area contributed by atoms with Gasteiger partial charge in [0, 0.05) is 24.9 Å². The summed E-state index contributed by atoms with van der Waals surface area (Å²) in [6, 6.07) is 11.3. The lowest BCUT2D eigenvalue weighted by Gasteiger charge is -2.30. The second-order valence-electron chi connectivity index (χ2n) is 4.34. The summed E-state index contributed by atoms with van der Waals surface area (Å²) in [5, 5.41) is 3.57. The zero-order valence-electron chi connectivity index (χ0n) is 11.9. The van der Waals surface area contributed by atoms with E-state index in [1.54, 1.807) is 0 Å². The molecule has 3 heteroatoms. The second kappa shape index (κ2) is 9.42. The van der Waals surface area contributed by atoms with Crippen molar-refractivity contribution in [2.24, 2.45) is 0 Å². The van der Waals surface area contributed by atoms with Gasteiger partial charge in [-0.15, -0.1) is 0 Å². The Bertz CT molecular complexity index is 299. The second-order valence-corrected chi connectivity index (χ2v) is 5.33. The summed E-state index contributed by atoms with van der Waals surface area (Å²) in [5.41, 5.74) is 1.41. The monoisotopic (exact) mass is 266 g/mol. The average Bonchev–Trinajstić information content (AvgIpc) is 2.43. The van der Waals surface area contributed by atoms with E-state index in [0.717, 1.165) is 26.2 Å². The molecule has 1 aromatic carbocycles. The van der Waals surface area contributed by atoms with Gasteiger partial charge in [-0.2, -0.15) is 11.8 Å². The molecule has 0 amide bonds. The van der Waals surface area contributed by atoms with Crippen LogP contribution >= 0.6 is 11.8 Å². The highest BCUT2D eigenvalue weighted by molar-refractivity contribution is 7.98. The number of thioether (sulfide) groups is 1. The molecule has 2 nitrogen and oxygen atoms in total. The number of benzene rings is 1.